The second kappa shape index (κ2) is 6.04. The molecule has 0 spiro atoms. The largest absolute Gasteiger partial charge is 0.465 e. The van der Waals surface area contributed by atoms with Gasteiger partial charge in [0.2, 0.25) is 0 Å². The third kappa shape index (κ3) is 3.21. The van der Waals surface area contributed by atoms with Crippen LogP contribution >= 0.6 is 11.6 Å². The minimum atomic E-state index is -5.05. The first-order valence-electron chi connectivity index (χ1n) is 6.22. The van der Waals surface area contributed by atoms with Gasteiger partial charge in [0.15, 0.2) is 5.57 Å². The Morgan fingerprint density at radius 2 is 1.83 bits per heavy atom. The minimum absolute atomic E-state index is 0.222. The first-order valence-corrected chi connectivity index (χ1v) is 6.60. The van der Waals surface area contributed by atoms with Crippen LogP contribution in [0.4, 0.5) is 18.9 Å². The van der Waals surface area contributed by atoms with Crippen LogP contribution < -0.4 is 5.01 Å². The minimum Gasteiger partial charge on any atom is -0.465 e. The number of alkyl halides is 3. The van der Waals surface area contributed by atoms with Gasteiger partial charge >= 0.3 is 12.1 Å². The zero-order valence-electron chi connectivity index (χ0n) is 11.9. The average Bonchev–Trinajstić information content (AvgIpc) is 2.75. The van der Waals surface area contributed by atoms with E-state index in [-0.39, 0.29) is 11.4 Å². The molecule has 0 saturated carbocycles. The highest BCUT2D eigenvalue weighted by molar-refractivity contribution is 6.33. The van der Waals surface area contributed by atoms with Gasteiger partial charge in [0, 0.05) is 5.02 Å². The standard InChI is InChI=1S/C14H10ClF3N2O3/c1-7-10(11(13(22)23-2)14(16,17)18)12(21)20(19-7)9-5-3-8(15)4-6-9/h3-6H,1-2H3/b11-10-. The van der Waals surface area contributed by atoms with Gasteiger partial charge in [-0.05, 0) is 31.2 Å². The molecule has 0 bridgehead atoms. The predicted molar refractivity (Wildman–Crippen MR) is 77.1 cm³/mol. The summed E-state index contributed by atoms with van der Waals surface area (Å²) in [6, 6.07) is 5.76. The number of benzene rings is 1. The van der Waals surface area contributed by atoms with E-state index in [0.717, 1.165) is 12.1 Å². The second-order valence-corrected chi connectivity index (χ2v) is 4.95. The molecule has 0 aliphatic carbocycles. The Kier molecular flexibility index (Phi) is 4.46. The second-order valence-electron chi connectivity index (χ2n) is 4.52. The van der Waals surface area contributed by atoms with E-state index in [1.165, 1.54) is 31.2 Å². The van der Waals surface area contributed by atoms with Crippen molar-refractivity contribution in [2.45, 2.75) is 13.1 Å². The molecule has 1 aromatic carbocycles. The fourth-order valence-electron chi connectivity index (χ4n) is 2.01. The summed E-state index contributed by atoms with van der Waals surface area (Å²) >= 11 is 5.72. The van der Waals surface area contributed by atoms with Gasteiger partial charge in [-0.15, -0.1) is 0 Å². The lowest BCUT2D eigenvalue weighted by Crippen LogP contribution is -2.29. The number of hydrazone groups is 1. The fourth-order valence-corrected chi connectivity index (χ4v) is 2.14. The highest BCUT2D eigenvalue weighted by Gasteiger charge is 2.47. The molecule has 1 amide bonds. The number of nitrogens with zero attached hydrogens (tertiary/aromatic N) is 2. The van der Waals surface area contributed by atoms with E-state index in [9.17, 15) is 22.8 Å². The number of anilines is 1. The number of hydrogen-bond donors (Lipinski definition) is 0. The van der Waals surface area contributed by atoms with E-state index in [0.29, 0.717) is 5.02 Å². The number of ether oxygens (including phenoxy) is 1. The first kappa shape index (κ1) is 17.0. The molecule has 9 heteroatoms. The molecule has 2 rings (SSSR count). The molecule has 122 valence electrons. The van der Waals surface area contributed by atoms with Crippen LogP contribution in [0.3, 0.4) is 0 Å². The highest BCUT2D eigenvalue weighted by Crippen LogP contribution is 2.34. The molecule has 23 heavy (non-hydrogen) atoms. The zero-order valence-corrected chi connectivity index (χ0v) is 12.7. The molecular weight excluding hydrogens is 337 g/mol. The topological polar surface area (TPSA) is 59.0 Å². The summed E-state index contributed by atoms with van der Waals surface area (Å²) in [6.45, 7) is 1.21. The van der Waals surface area contributed by atoms with E-state index in [1.807, 2.05) is 0 Å². The van der Waals surface area contributed by atoms with Crippen LogP contribution in [0, 0.1) is 0 Å². The summed E-state index contributed by atoms with van der Waals surface area (Å²) in [4.78, 5) is 23.8. The number of carbonyl (C=O) groups excluding carboxylic acids is 2. The van der Waals surface area contributed by atoms with Crippen LogP contribution in [0.2, 0.25) is 5.02 Å². The van der Waals surface area contributed by atoms with Gasteiger partial charge in [-0.3, -0.25) is 4.79 Å². The van der Waals surface area contributed by atoms with Crippen LogP contribution in [0.25, 0.3) is 0 Å². The molecule has 0 fully saturated rings. The number of methoxy groups -OCH3 is 1. The summed E-state index contributed by atoms with van der Waals surface area (Å²) < 4.78 is 43.6. The Labute approximate surface area is 134 Å². The Hall–Kier alpha value is -2.35. The van der Waals surface area contributed by atoms with Crippen molar-refractivity contribution in [3.8, 4) is 0 Å². The molecule has 0 atom stereocenters. The van der Waals surface area contributed by atoms with Crippen molar-refractivity contribution in [3.05, 3.63) is 40.4 Å². The van der Waals surface area contributed by atoms with E-state index in [2.05, 4.69) is 9.84 Å². The fraction of sp³-hybridized carbons (Fsp3) is 0.214. The van der Waals surface area contributed by atoms with E-state index in [1.54, 1.807) is 0 Å². The molecule has 0 aromatic heterocycles. The third-order valence-electron chi connectivity index (χ3n) is 3.01. The van der Waals surface area contributed by atoms with E-state index >= 15 is 0 Å². The maximum Gasteiger partial charge on any atom is 0.424 e. The summed E-state index contributed by atoms with van der Waals surface area (Å²) in [5.41, 5.74) is -2.52. The zero-order chi connectivity index (χ0) is 17.4. The van der Waals surface area contributed by atoms with Gasteiger partial charge in [-0.1, -0.05) is 11.6 Å². The van der Waals surface area contributed by atoms with Crippen molar-refractivity contribution < 1.29 is 27.5 Å². The summed E-state index contributed by atoms with van der Waals surface area (Å²) in [5.74, 6) is -2.71. The number of amides is 1. The molecule has 0 radical (unpaired) electrons. The van der Waals surface area contributed by atoms with Crippen LogP contribution in [0.5, 0.6) is 0 Å². The lowest BCUT2D eigenvalue weighted by molar-refractivity contribution is -0.148. The predicted octanol–water partition coefficient (Wildman–Crippen LogP) is 3.09. The lowest BCUT2D eigenvalue weighted by atomic mass is 10.0. The molecule has 0 unspecified atom stereocenters. The SMILES string of the molecule is COC(=O)/C(=C1/C(=O)N(c2ccc(Cl)cc2)N=C1C)C(F)(F)F. The number of halogens is 4. The number of esters is 1. The third-order valence-corrected chi connectivity index (χ3v) is 3.26. The maximum absolute atomic E-state index is 13.1. The highest BCUT2D eigenvalue weighted by atomic mass is 35.5. The molecule has 0 saturated heterocycles. The normalized spacial score (nSPS) is 17.2. The van der Waals surface area contributed by atoms with Crippen molar-refractivity contribution in [3.63, 3.8) is 0 Å². The van der Waals surface area contributed by atoms with Crippen LogP contribution in [0.1, 0.15) is 6.92 Å². The Morgan fingerprint density at radius 3 is 2.30 bits per heavy atom. The van der Waals surface area contributed by atoms with E-state index in [4.69, 9.17) is 11.6 Å². The monoisotopic (exact) mass is 346 g/mol. The van der Waals surface area contributed by atoms with Gasteiger partial charge < -0.3 is 4.74 Å². The van der Waals surface area contributed by atoms with Crippen molar-refractivity contribution >= 4 is 34.9 Å². The van der Waals surface area contributed by atoms with Crippen molar-refractivity contribution in [1.29, 1.82) is 0 Å². The van der Waals surface area contributed by atoms with Crippen molar-refractivity contribution in [1.82, 2.24) is 0 Å². The number of carbonyl (C=O) groups is 2. The molecule has 1 aliphatic rings. The molecule has 5 nitrogen and oxygen atoms in total. The maximum atomic E-state index is 13.1. The number of hydrogen-bond acceptors (Lipinski definition) is 4. The number of rotatable bonds is 2. The Morgan fingerprint density at radius 1 is 1.26 bits per heavy atom. The van der Waals surface area contributed by atoms with Crippen LogP contribution in [0.15, 0.2) is 40.5 Å². The molecule has 1 heterocycles. The van der Waals surface area contributed by atoms with Crippen molar-refractivity contribution in [2.24, 2.45) is 5.10 Å². The Balaban J connectivity index is 2.56. The van der Waals surface area contributed by atoms with Gasteiger partial charge in [0.1, 0.15) is 0 Å². The first-order chi connectivity index (χ1) is 10.7. The van der Waals surface area contributed by atoms with Crippen LogP contribution in [-0.4, -0.2) is 30.9 Å². The molecule has 1 aliphatic heterocycles. The summed E-state index contributed by atoms with van der Waals surface area (Å²) in [7, 11) is 0.803. The van der Waals surface area contributed by atoms with Gasteiger partial charge in [-0.25, -0.2) is 4.79 Å². The summed E-state index contributed by atoms with van der Waals surface area (Å²) in [6.07, 6.45) is -5.05. The molecule has 0 N–H and O–H groups in total. The molecule has 1 aromatic rings. The lowest BCUT2D eigenvalue weighted by Gasteiger charge is -2.14. The smallest absolute Gasteiger partial charge is 0.424 e. The van der Waals surface area contributed by atoms with Gasteiger partial charge in [0.25, 0.3) is 5.91 Å². The van der Waals surface area contributed by atoms with E-state index < -0.39 is 29.2 Å². The quantitative estimate of drug-likeness (QED) is 0.610. The summed E-state index contributed by atoms with van der Waals surface area (Å²) in [5, 5.41) is 4.96. The van der Waals surface area contributed by atoms with Crippen molar-refractivity contribution in [2.75, 3.05) is 12.1 Å². The average molecular weight is 347 g/mol. The van der Waals surface area contributed by atoms with Gasteiger partial charge in [-0.2, -0.15) is 23.3 Å². The van der Waals surface area contributed by atoms with Gasteiger partial charge in [0.05, 0.1) is 24.1 Å². The van der Waals surface area contributed by atoms with Crippen LogP contribution in [-0.2, 0) is 14.3 Å². The Bertz CT molecular complexity index is 724. The molecular formula is C14H10ClF3N2O3.